The van der Waals surface area contributed by atoms with Crippen molar-refractivity contribution in [1.82, 2.24) is 9.29 Å². The highest BCUT2D eigenvalue weighted by Crippen LogP contribution is 2.33. The maximum absolute atomic E-state index is 13.1. The molecule has 1 aromatic heterocycles. The van der Waals surface area contributed by atoms with E-state index in [1.54, 1.807) is 13.8 Å². The van der Waals surface area contributed by atoms with Gasteiger partial charge in [0, 0.05) is 12.3 Å². The Balaban J connectivity index is 1.75. The number of ether oxygens (including phenoxy) is 1. The molecule has 9 heteroatoms. The quantitative estimate of drug-likeness (QED) is 0.764. The summed E-state index contributed by atoms with van der Waals surface area (Å²) in [6.45, 7) is 7.40. The molecule has 0 spiro atoms. The first kappa shape index (κ1) is 20.6. The van der Waals surface area contributed by atoms with Gasteiger partial charge >= 0.3 is 6.18 Å². The highest BCUT2D eigenvalue weighted by molar-refractivity contribution is 7.89. The molecule has 0 saturated carbocycles. The Morgan fingerprint density at radius 1 is 1.07 bits per heavy atom. The molecule has 2 heterocycles. The molecular weight excluding hydrogens is 393 g/mol. The van der Waals surface area contributed by atoms with Crippen LogP contribution in [-0.4, -0.2) is 36.9 Å². The van der Waals surface area contributed by atoms with Crippen molar-refractivity contribution in [3.63, 3.8) is 0 Å². The van der Waals surface area contributed by atoms with Crippen LogP contribution in [0.1, 0.15) is 27.8 Å². The molecule has 2 aromatic rings. The van der Waals surface area contributed by atoms with E-state index in [0.29, 0.717) is 16.0 Å². The van der Waals surface area contributed by atoms with Gasteiger partial charge in [0.15, 0.2) is 0 Å². The minimum absolute atomic E-state index is 0.0616. The number of benzene rings is 1. The molecule has 0 bridgehead atoms. The second kappa shape index (κ2) is 7.04. The number of alkyl halides is 3. The van der Waals surface area contributed by atoms with Gasteiger partial charge in [-0.3, -0.25) is 0 Å². The predicted octanol–water partition coefficient (Wildman–Crippen LogP) is 3.79. The van der Waals surface area contributed by atoms with E-state index in [2.05, 4.69) is 4.98 Å². The third-order valence-electron chi connectivity index (χ3n) is 5.06. The maximum Gasteiger partial charge on any atom is 0.416 e. The number of aryl methyl sites for hydroxylation is 2. The van der Waals surface area contributed by atoms with Crippen molar-refractivity contribution in [3.8, 4) is 5.88 Å². The van der Waals surface area contributed by atoms with Gasteiger partial charge in [-0.2, -0.15) is 17.5 Å². The summed E-state index contributed by atoms with van der Waals surface area (Å²) in [6.07, 6.45) is -4.01. The third kappa shape index (κ3) is 3.73. The molecule has 1 aliphatic heterocycles. The number of halogens is 3. The Morgan fingerprint density at radius 2 is 1.64 bits per heavy atom. The van der Waals surface area contributed by atoms with Crippen LogP contribution in [0.3, 0.4) is 0 Å². The summed E-state index contributed by atoms with van der Waals surface area (Å²) < 4.78 is 71.1. The molecule has 0 radical (unpaired) electrons. The van der Waals surface area contributed by atoms with E-state index in [-0.39, 0.29) is 19.0 Å². The first-order valence-electron chi connectivity index (χ1n) is 8.68. The maximum atomic E-state index is 13.1. The number of aromatic nitrogens is 1. The van der Waals surface area contributed by atoms with E-state index >= 15 is 0 Å². The van der Waals surface area contributed by atoms with Crippen molar-refractivity contribution >= 4 is 10.0 Å². The lowest BCUT2D eigenvalue weighted by atomic mass is 10.0. The highest BCUT2D eigenvalue weighted by Gasteiger charge is 2.40. The zero-order chi connectivity index (χ0) is 20.9. The standard InChI is InChI=1S/C19H21F3N2O3S/c1-11-7-12(2)14(4)18(13(11)3)28(25,26)24-9-16(10-24)27-17-8-15(5-6-23-17)19(20,21)22/h5-8,16H,9-10H2,1-4H3. The van der Waals surface area contributed by atoms with E-state index in [9.17, 15) is 21.6 Å². The highest BCUT2D eigenvalue weighted by atomic mass is 32.2. The van der Waals surface area contributed by atoms with E-state index in [1.165, 1.54) is 4.31 Å². The molecule has 0 aliphatic carbocycles. The first-order valence-corrected chi connectivity index (χ1v) is 10.1. The van der Waals surface area contributed by atoms with E-state index in [1.807, 2.05) is 19.9 Å². The summed E-state index contributed by atoms with van der Waals surface area (Å²) in [5, 5.41) is 0. The van der Waals surface area contributed by atoms with Crippen molar-refractivity contribution in [1.29, 1.82) is 0 Å². The molecule has 5 nitrogen and oxygen atoms in total. The van der Waals surface area contributed by atoms with Gasteiger partial charge in [-0.1, -0.05) is 6.07 Å². The lowest BCUT2D eigenvalue weighted by Crippen LogP contribution is -2.56. The Bertz CT molecular complexity index is 988. The smallest absolute Gasteiger partial charge is 0.416 e. The van der Waals surface area contributed by atoms with Crippen molar-refractivity contribution in [2.45, 2.75) is 44.9 Å². The molecule has 152 valence electrons. The van der Waals surface area contributed by atoms with Crippen LogP contribution >= 0.6 is 0 Å². The van der Waals surface area contributed by atoms with Gasteiger partial charge < -0.3 is 4.74 Å². The van der Waals surface area contributed by atoms with Gasteiger partial charge in [-0.25, -0.2) is 13.4 Å². The first-order chi connectivity index (χ1) is 12.9. The van der Waals surface area contributed by atoms with E-state index in [4.69, 9.17) is 4.74 Å². The summed E-state index contributed by atoms with van der Waals surface area (Å²) >= 11 is 0. The second-order valence-corrected chi connectivity index (χ2v) is 8.91. The van der Waals surface area contributed by atoms with Crippen LogP contribution in [0.5, 0.6) is 5.88 Å². The van der Waals surface area contributed by atoms with Crippen LogP contribution in [-0.2, 0) is 16.2 Å². The summed E-state index contributed by atoms with van der Waals surface area (Å²) in [7, 11) is -3.71. The molecule has 0 amide bonds. The summed E-state index contributed by atoms with van der Waals surface area (Å²) in [6, 6.07) is 3.62. The number of pyridine rings is 1. The average Bonchev–Trinajstić information content (AvgIpc) is 2.55. The third-order valence-corrected chi connectivity index (χ3v) is 7.17. The number of hydrogen-bond donors (Lipinski definition) is 0. The van der Waals surface area contributed by atoms with Crippen molar-refractivity contribution in [2.24, 2.45) is 0 Å². The Labute approximate surface area is 162 Å². The molecule has 28 heavy (non-hydrogen) atoms. The fourth-order valence-corrected chi connectivity index (χ4v) is 5.27. The normalized spacial score (nSPS) is 16.1. The fraction of sp³-hybridized carbons (Fsp3) is 0.421. The zero-order valence-electron chi connectivity index (χ0n) is 16.0. The van der Waals surface area contributed by atoms with Gasteiger partial charge in [0.25, 0.3) is 0 Å². The van der Waals surface area contributed by atoms with Crippen LogP contribution in [0.2, 0.25) is 0 Å². The minimum Gasteiger partial charge on any atom is -0.472 e. The molecule has 0 N–H and O–H groups in total. The van der Waals surface area contributed by atoms with Gasteiger partial charge in [0.2, 0.25) is 15.9 Å². The lowest BCUT2D eigenvalue weighted by Gasteiger charge is -2.38. The summed E-state index contributed by atoms with van der Waals surface area (Å²) in [4.78, 5) is 4.07. The lowest BCUT2D eigenvalue weighted by molar-refractivity contribution is -0.137. The fourth-order valence-electron chi connectivity index (χ4n) is 3.19. The number of sulfonamides is 1. The predicted molar refractivity (Wildman–Crippen MR) is 97.8 cm³/mol. The molecular formula is C19H21F3N2O3S. The number of rotatable bonds is 4. The zero-order valence-corrected chi connectivity index (χ0v) is 16.8. The second-order valence-electron chi connectivity index (χ2n) is 7.03. The van der Waals surface area contributed by atoms with Gasteiger partial charge in [0.05, 0.1) is 23.5 Å². The Hall–Kier alpha value is -2.13. The van der Waals surface area contributed by atoms with Crippen LogP contribution in [0.15, 0.2) is 29.3 Å². The van der Waals surface area contributed by atoms with Gasteiger partial charge in [-0.05, 0) is 56.0 Å². The molecule has 0 atom stereocenters. The summed E-state index contributed by atoms with van der Waals surface area (Å²) in [5.74, 6) is -0.171. The molecule has 3 rings (SSSR count). The van der Waals surface area contributed by atoms with E-state index in [0.717, 1.165) is 29.5 Å². The molecule has 0 unspecified atom stereocenters. The molecule has 1 aromatic carbocycles. The van der Waals surface area contributed by atoms with Crippen LogP contribution in [0.4, 0.5) is 13.2 Å². The van der Waals surface area contributed by atoms with Gasteiger partial charge in [0.1, 0.15) is 6.10 Å². The van der Waals surface area contributed by atoms with Crippen molar-refractivity contribution in [3.05, 3.63) is 52.2 Å². The largest absolute Gasteiger partial charge is 0.472 e. The van der Waals surface area contributed by atoms with Crippen LogP contribution < -0.4 is 4.74 Å². The van der Waals surface area contributed by atoms with Crippen LogP contribution in [0.25, 0.3) is 0 Å². The molecule has 1 saturated heterocycles. The molecule has 1 aliphatic rings. The number of hydrogen-bond acceptors (Lipinski definition) is 4. The Morgan fingerprint density at radius 3 is 2.18 bits per heavy atom. The molecule has 1 fully saturated rings. The van der Waals surface area contributed by atoms with Crippen molar-refractivity contribution < 1.29 is 26.3 Å². The topological polar surface area (TPSA) is 59.5 Å². The monoisotopic (exact) mass is 414 g/mol. The Kier molecular flexibility index (Phi) is 5.18. The van der Waals surface area contributed by atoms with Crippen LogP contribution in [0, 0.1) is 27.7 Å². The van der Waals surface area contributed by atoms with Crippen molar-refractivity contribution in [2.75, 3.05) is 13.1 Å². The van der Waals surface area contributed by atoms with E-state index < -0.39 is 27.9 Å². The average molecular weight is 414 g/mol. The van der Waals surface area contributed by atoms with Gasteiger partial charge in [-0.15, -0.1) is 0 Å². The SMILES string of the molecule is Cc1cc(C)c(C)c(S(=O)(=O)N2CC(Oc3cc(C(F)(F)F)ccn3)C2)c1C. The summed E-state index contributed by atoms with van der Waals surface area (Å²) in [5.41, 5.74) is 2.33. The minimum atomic E-state index is -4.49. The number of nitrogens with zero attached hydrogens (tertiary/aromatic N) is 2.